The summed E-state index contributed by atoms with van der Waals surface area (Å²) < 4.78 is 5.26. The highest BCUT2D eigenvalue weighted by molar-refractivity contribution is 7.95. The van der Waals surface area contributed by atoms with E-state index in [1.54, 1.807) is 6.26 Å². The predicted octanol–water partition coefficient (Wildman–Crippen LogP) is 2.21. The lowest BCUT2D eigenvalue weighted by Gasteiger charge is -2.27. The van der Waals surface area contributed by atoms with Crippen LogP contribution in [0.5, 0.6) is 0 Å². The molecule has 0 N–H and O–H groups in total. The van der Waals surface area contributed by atoms with Gasteiger partial charge in [-0.2, -0.15) is 0 Å². The largest absolute Gasteiger partial charge is 1.00 e. The van der Waals surface area contributed by atoms with Crippen LogP contribution in [0.4, 0.5) is 0 Å². The number of rotatable bonds is 7. The van der Waals surface area contributed by atoms with Crippen LogP contribution in [-0.2, 0) is 6.42 Å². The molecule has 0 radical (unpaired) electrons. The molecule has 0 bridgehead atoms. The van der Waals surface area contributed by atoms with Crippen LogP contribution in [-0.4, -0.2) is 6.16 Å². The molecule has 0 aliphatic carbocycles. The van der Waals surface area contributed by atoms with E-state index in [1.165, 1.54) is 21.5 Å². The molecule has 0 aliphatic heterocycles. The van der Waals surface area contributed by atoms with Crippen LogP contribution in [0.15, 0.2) is 114 Å². The average molecular weight is 451 g/mol. The van der Waals surface area contributed by atoms with Crippen molar-refractivity contribution in [2.75, 3.05) is 6.16 Å². The molecule has 3 aromatic carbocycles. The second-order valence-electron chi connectivity index (χ2n) is 6.78. The Morgan fingerprint density at radius 2 is 1.07 bits per heavy atom. The second-order valence-corrected chi connectivity index (χ2v) is 10.4. The van der Waals surface area contributed by atoms with Crippen molar-refractivity contribution in [3.8, 4) is 0 Å². The monoisotopic (exact) mass is 450 g/mol. The minimum Gasteiger partial charge on any atom is -1.00 e. The van der Waals surface area contributed by atoms with Gasteiger partial charge in [-0.15, -0.1) is 0 Å². The van der Waals surface area contributed by atoms with E-state index >= 15 is 0 Å². The van der Waals surface area contributed by atoms with Gasteiger partial charge < -0.3 is 21.4 Å². The third-order valence-electron chi connectivity index (χ3n) is 5.13. The first kappa shape index (κ1) is 20.6. The molecule has 0 saturated heterocycles. The Labute approximate surface area is 178 Å². The summed E-state index contributed by atoms with van der Waals surface area (Å²) in [6, 6.07) is 35.3. The minimum absolute atomic E-state index is 0. The van der Waals surface area contributed by atoms with Crippen molar-refractivity contribution in [2.45, 2.75) is 12.8 Å². The van der Waals surface area contributed by atoms with Gasteiger partial charge in [0.2, 0.25) is 0 Å². The Kier molecular flexibility index (Phi) is 7.25. The van der Waals surface area contributed by atoms with Crippen LogP contribution in [0.1, 0.15) is 12.0 Å². The van der Waals surface area contributed by atoms with Gasteiger partial charge in [-0.25, -0.2) is 0 Å². The van der Waals surface area contributed by atoms with E-state index in [-0.39, 0.29) is 17.0 Å². The van der Waals surface area contributed by atoms with Gasteiger partial charge in [-0.05, 0) is 60.9 Å². The van der Waals surface area contributed by atoms with Gasteiger partial charge in [0, 0.05) is 0 Å². The second kappa shape index (κ2) is 9.87. The van der Waals surface area contributed by atoms with Crippen molar-refractivity contribution in [3.63, 3.8) is 0 Å². The minimum atomic E-state index is -1.70. The van der Waals surface area contributed by atoms with E-state index in [0.29, 0.717) is 0 Å². The van der Waals surface area contributed by atoms with Crippen molar-refractivity contribution in [2.24, 2.45) is 0 Å². The van der Waals surface area contributed by atoms with Gasteiger partial charge in [0.05, 0.1) is 18.7 Å². The van der Waals surface area contributed by atoms with Crippen LogP contribution in [0.25, 0.3) is 0 Å². The highest BCUT2D eigenvalue weighted by Gasteiger charge is 2.44. The summed E-state index contributed by atoms with van der Waals surface area (Å²) in [5, 5.41) is 4.36. The average Bonchev–Trinajstić information content (AvgIpc) is 3.27. The van der Waals surface area contributed by atoms with Gasteiger partial charge in [-0.1, -0.05) is 54.6 Å². The molecule has 0 atom stereocenters. The van der Waals surface area contributed by atoms with Crippen molar-refractivity contribution in [1.82, 2.24) is 0 Å². The molecule has 0 aliphatic rings. The number of hydrogen-bond acceptors (Lipinski definition) is 1. The van der Waals surface area contributed by atoms with Crippen molar-refractivity contribution < 1.29 is 21.4 Å². The zero-order chi connectivity index (χ0) is 18.4. The van der Waals surface area contributed by atoms with E-state index in [0.717, 1.165) is 19.0 Å². The first-order chi connectivity index (χ1) is 13.4. The molecule has 142 valence electrons. The standard InChI is InChI=1S/C25H24OP.BrH/c1-4-12-23(13-5-1)27(24-14-6-2-7-15-24,25-16-8-3-9-17-25)20-10-11-22-18-19-26-21-22;/h1-9,12-19,21H,10-11,20H2;1H/q+1;/p-1. The SMILES string of the molecule is [Br-].c1ccc([P+](CCCc2ccoc2)(c2ccccc2)c2ccccc2)cc1. The van der Waals surface area contributed by atoms with Crippen molar-refractivity contribution >= 4 is 23.2 Å². The molecular formula is C25H24BrOP. The molecule has 1 nitrogen and oxygen atoms in total. The van der Waals surface area contributed by atoms with Gasteiger partial charge in [0.25, 0.3) is 0 Å². The Balaban J connectivity index is 0.00000225. The van der Waals surface area contributed by atoms with Gasteiger partial charge >= 0.3 is 0 Å². The van der Waals surface area contributed by atoms with Crippen molar-refractivity contribution in [1.29, 1.82) is 0 Å². The molecule has 4 rings (SSSR count). The molecule has 0 fully saturated rings. The van der Waals surface area contributed by atoms with E-state index in [2.05, 4.69) is 97.1 Å². The van der Waals surface area contributed by atoms with Crippen LogP contribution in [0, 0.1) is 0 Å². The highest BCUT2D eigenvalue weighted by Crippen LogP contribution is 2.55. The van der Waals surface area contributed by atoms with Gasteiger partial charge in [0.1, 0.15) is 23.2 Å². The van der Waals surface area contributed by atoms with Crippen LogP contribution in [0.2, 0.25) is 0 Å². The fraction of sp³-hybridized carbons (Fsp3) is 0.120. The molecule has 3 heteroatoms. The number of hydrogen-bond donors (Lipinski definition) is 0. The Morgan fingerprint density at radius 1 is 0.607 bits per heavy atom. The summed E-state index contributed by atoms with van der Waals surface area (Å²) >= 11 is 0. The smallest absolute Gasteiger partial charge is 0.112 e. The maximum Gasteiger partial charge on any atom is 0.112 e. The number of benzene rings is 3. The molecule has 28 heavy (non-hydrogen) atoms. The van der Waals surface area contributed by atoms with Crippen molar-refractivity contribution in [3.05, 3.63) is 115 Å². The van der Waals surface area contributed by atoms with E-state index in [1.807, 2.05) is 6.26 Å². The van der Waals surface area contributed by atoms with E-state index < -0.39 is 7.26 Å². The predicted molar refractivity (Wildman–Crippen MR) is 117 cm³/mol. The van der Waals surface area contributed by atoms with Gasteiger partial charge in [-0.3, -0.25) is 0 Å². The Bertz CT molecular complexity index is 841. The summed E-state index contributed by atoms with van der Waals surface area (Å²) in [5.41, 5.74) is 1.28. The third-order valence-corrected chi connectivity index (χ3v) is 9.66. The molecule has 0 amide bonds. The lowest BCUT2D eigenvalue weighted by Crippen LogP contribution is -3.00. The molecule has 1 heterocycles. The van der Waals surface area contributed by atoms with Crippen LogP contribution < -0.4 is 32.9 Å². The lowest BCUT2D eigenvalue weighted by atomic mass is 10.2. The molecular weight excluding hydrogens is 427 g/mol. The summed E-state index contributed by atoms with van der Waals surface area (Å²) in [6.45, 7) is 0. The molecule has 1 aromatic heterocycles. The summed E-state index contributed by atoms with van der Waals surface area (Å²) in [7, 11) is -1.70. The summed E-state index contributed by atoms with van der Waals surface area (Å²) in [5.74, 6) is 0. The zero-order valence-electron chi connectivity index (χ0n) is 15.7. The lowest BCUT2D eigenvalue weighted by molar-refractivity contribution is -0.00000561. The maximum atomic E-state index is 5.26. The highest BCUT2D eigenvalue weighted by atomic mass is 79.9. The van der Waals surface area contributed by atoms with E-state index in [4.69, 9.17) is 4.42 Å². The maximum absolute atomic E-state index is 5.26. The molecule has 0 saturated carbocycles. The normalized spacial score (nSPS) is 11.0. The summed E-state index contributed by atoms with van der Waals surface area (Å²) in [4.78, 5) is 0. The quantitative estimate of drug-likeness (QED) is 0.393. The van der Waals surface area contributed by atoms with Gasteiger partial charge in [0.15, 0.2) is 0 Å². The number of halogens is 1. The fourth-order valence-corrected chi connectivity index (χ4v) is 8.18. The summed E-state index contributed by atoms with van der Waals surface area (Å²) in [6.07, 6.45) is 6.96. The third kappa shape index (κ3) is 4.29. The first-order valence-electron chi connectivity index (χ1n) is 9.45. The van der Waals surface area contributed by atoms with E-state index in [9.17, 15) is 0 Å². The first-order valence-corrected chi connectivity index (χ1v) is 11.4. The fourth-order valence-electron chi connectivity index (χ4n) is 3.84. The Morgan fingerprint density at radius 3 is 1.46 bits per heavy atom. The number of aryl methyl sites for hydroxylation is 1. The molecule has 0 spiro atoms. The number of furan rings is 1. The molecule has 0 unspecified atom stereocenters. The zero-order valence-corrected chi connectivity index (χ0v) is 18.2. The topological polar surface area (TPSA) is 13.1 Å². The van der Waals surface area contributed by atoms with Crippen LogP contribution in [0.3, 0.4) is 0 Å². The Hall–Kier alpha value is -2.15. The molecule has 4 aromatic rings. The van der Waals surface area contributed by atoms with Crippen LogP contribution >= 0.6 is 7.26 Å².